The average Bonchev–Trinajstić information content (AvgIpc) is 2.84. The Balaban J connectivity index is 2.04. The van der Waals surface area contributed by atoms with Crippen molar-refractivity contribution in [3.05, 3.63) is 20.8 Å². The molecule has 0 unspecified atom stereocenters. The van der Waals surface area contributed by atoms with Crippen molar-refractivity contribution in [3.8, 4) is 0 Å². The predicted molar refractivity (Wildman–Crippen MR) is 80.0 cm³/mol. The maximum absolute atomic E-state index is 12.6. The van der Waals surface area contributed by atoms with Crippen LogP contribution in [0.25, 0.3) is 0 Å². The van der Waals surface area contributed by atoms with E-state index in [-0.39, 0.29) is 5.91 Å². The first-order valence-corrected chi connectivity index (χ1v) is 8.01. The molecule has 1 aliphatic rings. The second-order valence-corrected chi connectivity index (χ2v) is 6.90. The number of amides is 1. The number of nitrogens with zero attached hydrogens (tertiary/aromatic N) is 1. The lowest BCUT2D eigenvalue weighted by atomic mass is 9.79. The van der Waals surface area contributed by atoms with Gasteiger partial charge in [-0.25, -0.2) is 0 Å². The van der Waals surface area contributed by atoms with E-state index in [4.69, 9.17) is 10.5 Å². The van der Waals surface area contributed by atoms with Crippen molar-refractivity contribution in [2.24, 2.45) is 11.1 Å². The van der Waals surface area contributed by atoms with Crippen LogP contribution in [0.5, 0.6) is 0 Å². The first-order chi connectivity index (χ1) is 9.07. The third kappa shape index (κ3) is 3.37. The first kappa shape index (κ1) is 15.0. The first-order valence-electron chi connectivity index (χ1n) is 6.34. The van der Waals surface area contributed by atoms with Gasteiger partial charge in [0.2, 0.25) is 5.91 Å². The fourth-order valence-electron chi connectivity index (χ4n) is 2.41. The summed E-state index contributed by atoms with van der Waals surface area (Å²) in [5.74, 6) is 0.142. The van der Waals surface area contributed by atoms with E-state index in [1.54, 1.807) is 16.2 Å². The summed E-state index contributed by atoms with van der Waals surface area (Å²) in [7, 11) is 1.85. The maximum atomic E-state index is 12.6. The van der Waals surface area contributed by atoms with E-state index in [0.29, 0.717) is 26.3 Å². The van der Waals surface area contributed by atoms with E-state index >= 15 is 0 Å². The Kier molecular flexibility index (Phi) is 5.00. The molecule has 4 nitrogen and oxygen atoms in total. The van der Waals surface area contributed by atoms with Gasteiger partial charge in [-0.3, -0.25) is 4.79 Å². The SMILES string of the molecule is CN(Cc1cc(Br)cs1)C(=O)C1(CN)CCOCC1. The molecular formula is C13H19BrN2O2S. The van der Waals surface area contributed by atoms with Crippen LogP contribution in [-0.2, 0) is 16.1 Å². The lowest BCUT2D eigenvalue weighted by molar-refractivity contribution is -0.146. The summed E-state index contributed by atoms with van der Waals surface area (Å²) in [5.41, 5.74) is 5.44. The molecule has 0 radical (unpaired) electrons. The Morgan fingerprint density at radius 1 is 1.58 bits per heavy atom. The van der Waals surface area contributed by atoms with Gasteiger partial charge in [0.1, 0.15) is 0 Å². The minimum absolute atomic E-state index is 0.142. The Labute approximate surface area is 126 Å². The van der Waals surface area contributed by atoms with Gasteiger partial charge in [-0.1, -0.05) is 0 Å². The zero-order chi connectivity index (χ0) is 13.9. The molecule has 0 atom stereocenters. The van der Waals surface area contributed by atoms with Crippen LogP contribution < -0.4 is 5.73 Å². The van der Waals surface area contributed by atoms with E-state index in [1.165, 1.54) is 4.88 Å². The summed E-state index contributed by atoms with van der Waals surface area (Å²) in [6.45, 7) is 2.29. The molecule has 0 saturated carbocycles. The van der Waals surface area contributed by atoms with Crippen LogP contribution in [0, 0.1) is 5.41 Å². The van der Waals surface area contributed by atoms with Crippen molar-refractivity contribution < 1.29 is 9.53 Å². The molecule has 6 heteroatoms. The number of ether oxygens (including phenoxy) is 1. The highest BCUT2D eigenvalue weighted by atomic mass is 79.9. The van der Waals surface area contributed by atoms with Crippen molar-refractivity contribution >= 4 is 33.2 Å². The number of rotatable bonds is 4. The van der Waals surface area contributed by atoms with Crippen molar-refractivity contribution in [3.63, 3.8) is 0 Å². The van der Waals surface area contributed by atoms with Crippen LogP contribution in [0.15, 0.2) is 15.9 Å². The van der Waals surface area contributed by atoms with E-state index in [0.717, 1.165) is 17.3 Å². The number of thiophene rings is 1. The van der Waals surface area contributed by atoms with Crippen molar-refractivity contribution in [1.29, 1.82) is 0 Å². The Bertz CT molecular complexity index is 444. The number of carbonyl (C=O) groups excluding carboxylic acids is 1. The second-order valence-electron chi connectivity index (χ2n) is 4.99. The number of nitrogens with two attached hydrogens (primary N) is 1. The van der Waals surface area contributed by atoms with E-state index in [1.807, 2.05) is 18.5 Å². The lowest BCUT2D eigenvalue weighted by Crippen LogP contribution is -2.49. The summed E-state index contributed by atoms with van der Waals surface area (Å²) >= 11 is 5.08. The summed E-state index contributed by atoms with van der Waals surface area (Å²) in [6.07, 6.45) is 1.45. The molecule has 1 fully saturated rings. The number of hydrogen-bond donors (Lipinski definition) is 1. The zero-order valence-electron chi connectivity index (χ0n) is 11.0. The number of halogens is 1. The molecule has 0 aromatic carbocycles. The highest BCUT2D eigenvalue weighted by Crippen LogP contribution is 2.32. The average molecular weight is 347 g/mol. The lowest BCUT2D eigenvalue weighted by Gasteiger charge is -2.37. The normalized spacial score (nSPS) is 18.3. The minimum Gasteiger partial charge on any atom is -0.381 e. The summed E-state index contributed by atoms with van der Waals surface area (Å²) in [4.78, 5) is 15.6. The van der Waals surface area contributed by atoms with Gasteiger partial charge in [-0.05, 0) is 34.8 Å². The Morgan fingerprint density at radius 3 is 2.79 bits per heavy atom. The van der Waals surface area contributed by atoms with Gasteiger partial charge < -0.3 is 15.4 Å². The minimum atomic E-state index is -0.429. The van der Waals surface area contributed by atoms with Crippen molar-refractivity contribution in [1.82, 2.24) is 4.90 Å². The molecule has 1 aromatic heterocycles. The molecule has 0 bridgehead atoms. The zero-order valence-corrected chi connectivity index (χ0v) is 13.4. The van der Waals surface area contributed by atoms with Crippen LogP contribution in [0.4, 0.5) is 0 Å². The van der Waals surface area contributed by atoms with Gasteiger partial charge in [0.15, 0.2) is 0 Å². The predicted octanol–water partition coefficient (Wildman–Crippen LogP) is 2.22. The Hall–Kier alpha value is -0.430. The van der Waals surface area contributed by atoms with Crippen LogP contribution in [0.3, 0.4) is 0 Å². The largest absolute Gasteiger partial charge is 0.381 e. The molecule has 1 amide bonds. The fraction of sp³-hybridized carbons (Fsp3) is 0.615. The topological polar surface area (TPSA) is 55.6 Å². The van der Waals surface area contributed by atoms with Crippen LogP contribution in [0.2, 0.25) is 0 Å². The molecule has 1 aromatic rings. The third-order valence-corrected chi connectivity index (χ3v) is 5.34. The van der Waals surface area contributed by atoms with Crippen LogP contribution >= 0.6 is 27.3 Å². The van der Waals surface area contributed by atoms with Crippen molar-refractivity contribution in [2.45, 2.75) is 19.4 Å². The number of hydrogen-bond acceptors (Lipinski definition) is 4. The monoisotopic (exact) mass is 346 g/mol. The molecule has 106 valence electrons. The molecule has 2 rings (SSSR count). The van der Waals surface area contributed by atoms with Crippen LogP contribution in [0.1, 0.15) is 17.7 Å². The van der Waals surface area contributed by atoms with Gasteiger partial charge in [-0.15, -0.1) is 11.3 Å². The molecule has 2 heterocycles. The molecule has 2 N–H and O–H groups in total. The van der Waals surface area contributed by atoms with Gasteiger partial charge in [0, 0.05) is 41.5 Å². The maximum Gasteiger partial charge on any atom is 0.230 e. The molecular weight excluding hydrogens is 328 g/mol. The van der Waals surface area contributed by atoms with Crippen molar-refractivity contribution in [2.75, 3.05) is 26.8 Å². The fourth-order valence-corrected chi connectivity index (χ4v) is 3.92. The van der Waals surface area contributed by atoms with Gasteiger partial charge in [0.05, 0.1) is 12.0 Å². The highest BCUT2D eigenvalue weighted by molar-refractivity contribution is 9.10. The smallest absolute Gasteiger partial charge is 0.230 e. The molecule has 19 heavy (non-hydrogen) atoms. The van der Waals surface area contributed by atoms with E-state index in [2.05, 4.69) is 15.9 Å². The highest BCUT2D eigenvalue weighted by Gasteiger charge is 2.40. The summed E-state index contributed by atoms with van der Waals surface area (Å²) in [6, 6.07) is 2.05. The van der Waals surface area contributed by atoms with E-state index < -0.39 is 5.41 Å². The molecule has 0 aliphatic carbocycles. The van der Waals surface area contributed by atoms with Gasteiger partial charge >= 0.3 is 0 Å². The molecule has 1 aliphatic heterocycles. The van der Waals surface area contributed by atoms with Gasteiger partial charge in [0.25, 0.3) is 0 Å². The second kappa shape index (κ2) is 6.35. The quantitative estimate of drug-likeness (QED) is 0.909. The Morgan fingerprint density at radius 2 is 2.26 bits per heavy atom. The summed E-state index contributed by atoms with van der Waals surface area (Å²) in [5, 5.41) is 2.03. The van der Waals surface area contributed by atoms with Crippen LogP contribution in [-0.4, -0.2) is 37.6 Å². The van der Waals surface area contributed by atoms with Gasteiger partial charge in [-0.2, -0.15) is 0 Å². The summed E-state index contributed by atoms with van der Waals surface area (Å²) < 4.78 is 6.41. The third-order valence-electron chi connectivity index (χ3n) is 3.66. The standard InChI is InChI=1S/C13H19BrN2O2S/c1-16(7-11-6-10(14)8-19-11)12(17)13(9-15)2-4-18-5-3-13/h6,8H,2-5,7,9,15H2,1H3. The molecule has 0 spiro atoms. The number of carbonyl (C=O) groups is 1. The molecule has 1 saturated heterocycles. The van der Waals surface area contributed by atoms with E-state index in [9.17, 15) is 4.79 Å².